The second kappa shape index (κ2) is 28.5. The molecule has 0 unspecified atom stereocenters. The number of aromatic nitrogens is 1. The van der Waals surface area contributed by atoms with Gasteiger partial charge in [0.25, 0.3) is 0 Å². The molecule has 0 spiro atoms. The number of hydrogen-bond donors (Lipinski definition) is 5. The molecule has 0 aliphatic carbocycles. The predicted octanol–water partition coefficient (Wildman–Crippen LogP) is 5.09. The maximum absolute atomic E-state index is 14.6. The van der Waals surface area contributed by atoms with E-state index in [1.807, 2.05) is 83.8 Å². The van der Waals surface area contributed by atoms with Crippen LogP contribution in [0.1, 0.15) is 124 Å². The van der Waals surface area contributed by atoms with Crippen LogP contribution < -0.4 is 5.43 Å². The Morgan fingerprint density at radius 2 is 1.63 bits per heavy atom. The van der Waals surface area contributed by atoms with Crippen LogP contribution in [0.15, 0.2) is 35.3 Å². The van der Waals surface area contributed by atoms with Crippen molar-refractivity contribution in [3.05, 3.63) is 51.8 Å². The molecule has 3 aliphatic rings. The van der Waals surface area contributed by atoms with Crippen LogP contribution in [-0.4, -0.2) is 210 Å². The molecule has 2 aromatic rings. The second-order valence-electron chi connectivity index (χ2n) is 23.3. The normalized spacial score (nSPS) is 37.1. The smallest absolute Gasteiger partial charge is 0.341 e. The molecule has 444 valence electrons. The van der Waals surface area contributed by atoms with Gasteiger partial charge in [-0.3, -0.25) is 9.59 Å². The van der Waals surface area contributed by atoms with Crippen LogP contribution in [0, 0.1) is 17.8 Å². The molecule has 20 nitrogen and oxygen atoms in total. The van der Waals surface area contributed by atoms with Crippen molar-refractivity contribution in [1.82, 2.24) is 14.4 Å². The van der Waals surface area contributed by atoms with E-state index in [0.717, 1.165) is 5.56 Å². The maximum Gasteiger partial charge on any atom is 0.341 e. The fraction of sp³-hybridized carbons (Fsp3) is 0.776. The lowest BCUT2D eigenvalue weighted by Gasteiger charge is -2.49. The average Bonchev–Trinajstić information content (AvgIpc) is 3.38. The van der Waals surface area contributed by atoms with E-state index in [9.17, 15) is 39.9 Å². The molecule has 4 heterocycles. The first-order valence-corrected chi connectivity index (χ1v) is 27.9. The highest BCUT2D eigenvalue weighted by Gasteiger charge is 2.53. The number of fused-ring (bicyclic) bond motifs is 1. The van der Waals surface area contributed by atoms with Gasteiger partial charge in [0.05, 0.1) is 60.3 Å². The largest absolute Gasteiger partial charge is 0.477 e. The van der Waals surface area contributed by atoms with E-state index < -0.39 is 107 Å². The van der Waals surface area contributed by atoms with Crippen molar-refractivity contribution in [2.45, 2.75) is 205 Å². The average molecular weight is 1110 g/mol. The molecular formula is C58H95N3O17. The van der Waals surface area contributed by atoms with Crippen LogP contribution in [0.25, 0.3) is 17.0 Å². The third-order valence-electron chi connectivity index (χ3n) is 16.5. The Morgan fingerprint density at radius 3 is 2.27 bits per heavy atom. The molecule has 5 N–H and O–H groups in total. The molecule has 78 heavy (non-hydrogen) atoms. The summed E-state index contributed by atoms with van der Waals surface area (Å²) in [7, 11) is 8.78. The number of rotatable bonds is 20. The van der Waals surface area contributed by atoms with Crippen LogP contribution >= 0.6 is 0 Å². The Morgan fingerprint density at radius 1 is 0.936 bits per heavy atom. The van der Waals surface area contributed by atoms with Gasteiger partial charge in [-0.15, -0.1) is 0 Å². The Hall–Kier alpha value is -3.45. The molecule has 18 atom stereocenters. The minimum atomic E-state index is -1.84. The zero-order chi connectivity index (χ0) is 58.0. The number of carboxylic acids is 1. The van der Waals surface area contributed by atoms with Crippen LogP contribution in [-0.2, 0) is 54.0 Å². The molecule has 0 amide bonds. The number of aromatic carboxylic acids is 1. The summed E-state index contributed by atoms with van der Waals surface area (Å²) in [6.45, 7) is 20.3. The predicted molar refractivity (Wildman–Crippen MR) is 294 cm³/mol. The van der Waals surface area contributed by atoms with Gasteiger partial charge < -0.3 is 82.5 Å². The lowest BCUT2D eigenvalue weighted by Crippen LogP contribution is -2.61. The summed E-state index contributed by atoms with van der Waals surface area (Å²) in [5.41, 5.74) is -3.87. The maximum atomic E-state index is 14.6. The highest BCUT2D eigenvalue weighted by atomic mass is 16.7. The van der Waals surface area contributed by atoms with E-state index in [1.54, 1.807) is 58.6 Å². The zero-order valence-electron chi connectivity index (χ0n) is 49.1. The fourth-order valence-electron chi connectivity index (χ4n) is 11.9. The number of aliphatic hydroxyl groups excluding tert-OH is 2. The van der Waals surface area contributed by atoms with Crippen LogP contribution in [0.5, 0.6) is 0 Å². The summed E-state index contributed by atoms with van der Waals surface area (Å²) in [5, 5.41) is 58.1. The highest BCUT2D eigenvalue weighted by molar-refractivity contribution is 5.93. The van der Waals surface area contributed by atoms with Crippen molar-refractivity contribution in [3.63, 3.8) is 0 Å². The number of aliphatic hydroxyl groups is 4. The molecule has 0 radical (unpaired) electrons. The van der Waals surface area contributed by atoms with Crippen molar-refractivity contribution < 1.29 is 77.8 Å². The van der Waals surface area contributed by atoms with Gasteiger partial charge >= 0.3 is 11.9 Å². The molecule has 1 aromatic heterocycles. The van der Waals surface area contributed by atoms with Crippen molar-refractivity contribution in [2.75, 3.05) is 68.3 Å². The first-order valence-electron chi connectivity index (χ1n) is 27.9. The first-order chi connectivity index (χ1) is 36.6. The lowest BCUT2D eigenvalue weighted by molar-refractivity contribution is -0.320. The number of carbonyl (C=O) groups excluding carboxylic acids is 1. The quantitative estimate of drug-likeness (QED) is 0.0856. The van der Waals surface area contributed by atoms with Gasteiger partial charge in [0, 0.05) is 76.5 Å². The van der Waals surface area contributed by atoms with Crippen LogP contribution in [0.2, 0.25) is 0 Å². The number of unbranched alkanes of at least 4 members (excludes halogenated alkanes) is 1. The third-order valence-corrected chi connectivity index (χ3v) is 16.5. The molecular weight excluding hydrogens is 1010 g/mol. The second-order valence-corrected chi connectivity index (χ2v) is 23.3. The highest BCUT2D eigenvalue weighted by Crippen LogP contribution is 2.41. The molecule has 1 aromatic carbocycles. The Balaban J connectivity index is 1.30. The number of likely N-dealkylation sites (N-methyl/N-ethyl adjacent to an activating group) is 2. The first kappa shape index (κ1) is 65.4. The monoisotopic (exact) mass is 1110 g/mol. The minimum absolute atomic E-state index is 0.176. The van der Waals surface area contributed by atoms with Gasteiger partial charge in [-0.1, -0.05) is 39.0 Å². The molecule has 5 rings (SSSR count). The van der Waals surface area contributed by atoms with Crippen molar-refractivity contribution in [1.29, 1.82) is 0 Å². The van der Waals surface area contributed by atoms with E-state index >= 15 is 0 Å². The minimum Gasteiger partial charge on any atom is -0.477 e. The zero-order valence-corrected chi connectivity index (χ0v) is 49.1. The molecule has 0 saturated carbocycles. The fourth-order valence-corrected chi connectivity index (χ4v) is 11.9. The van der Waals surface area contributed by atoms with Gasteiger partial charge in [0.15, 0.2) is 12.6 Å². The summed E-state index contributed by atoms with van der Waals surface area (Å²) in [4.78, 5) is 43.3. The number of benzene rings is 1. The van der Waals surface area contributed by atoms with Crippen molar-refractivity contribution in [2.24, 2.45) is 17.8 Å². The van der Waals surface area contributed by atoms with Gasteiger partial charge in [-0.25, -0.2) is 4.79 Å². The summed E-state index contributed by atoms with van der Waals surface area (Å²) < 4.78 is 58.4. The molecule has 3 aliphatic heterocycles. The van der Waals surface area contributed by atoms with Gasteiger partial charge in [0.1, 0.15) is 35.6 Å². The number of cyclic esters (lactones) is 1. The van der Waals surface area contributed by atoms with E-state index in [0.29, 0.717) is 69.7 Å². The number of carboxylic acid groups (broad SMARTS) is 1. The molecule has 3 fully saturated rings. The van der Waals surface area contributed by atoms with Crippen molar-refractivity contribution in [3.8, 4) is 0 Å². The number of hydrogen-bond acceptors (Lipinski definition) is 18. The number of carbonyl (C=O) groups is 2. The number of pyridine rings is 1. The summed E-state index contributed by atoms with van der Waals surface area (Å²) >= 11 is 0. The standard InChI is InChI=1S/C58H95N3O17/c1-16-45-58(10,69)50(64)38(6)60(13)32-34(2)30-56(8,68)51(78-55-48(63)44(59(11)12)28-35(3)74-55)36(4)49(37(5)54(67)76-45)77-46-31-57(9,71-15)52(39(7)75-46)73-26-18-17-24-72-25-19-20-40-21-22-43-41(29-40)47(62)42(53(65)66)33-61(43)23-27-70-14/h19-22,29,33-39,44-46,48-52,55,63-64,68-69H,16-18,23-28,30-32H2,1-15H3,(H,65,66)/t34-,35-,36+,37-,38-,39+,44+,45-,46+,48-,49+,50-,51-,52+,55+,56-,57-,58-/m1/s1. The Bertz CT molecular complexity index is 2330. The molecule has 0 bridgehead atoms. The number of nitrogens with zero attached hydrogens (tertiary/aromatic N) is 3. The Kier molecular flexibility index (Phi) is 23.9. The SMILES string of the molecule is CC[C@H]1OC(=O)[C@H](C)[C@@H](O[C@H]2C[C@@](C)(OC)[C@@H](OCCCCOCC=Cc3ccc4c(c3)c(=O)c(C(=O)O)cn4CCOC)[C@H](C)O2)[C@H](C)[C@@H](O[C@@H]2O[C@H](C)C[C@H](N(C)C)[C@H]2O)[C@](C)(O)C[C@@H](C)CN(C)[C@H](C)[C@@H](O)[C@]1(C)O. The summed E-state index contributed by atoms with van der Waals surface area (Å²) in [6.07, 6.45) is -1.54. The third kappa shape index (κ3) is 16.0. The van der Waals surface area contributed by atoms with E-state index in [-0.39, 0.29) is 42.9 Å². The number of esters is 1. The Labute approximate surface area is 462 Å². The lowest BCUT2D eigenvalue weighted by atomic mass is 9.77. The summed E-state index contributed by atoms with van der Waals surface area (Å²) in [6, 6.07) is 4.47. The topological polar surface area (TPSA) is 247 Å². The van der Waals surface area contributed by atoms with Gasteiger partial charge in [-0.2, -0.15) is 0 Å². The van der Waals surface area contributed by atoms with Crippen molar-refractivity contribution >= 4 is 28.9 Å². The molecule has 20 heteroatoms. The van der Waals surface area contributed by atoms with Crippen LogP contribution in [0.3, 0.4) is 0 Å². The van der Waals surface area contributed by atoms with E-state index in [4.69, 9.17) is 42.6 Å². The van der Waals surface area contributed by atoms with Gasteiger partial charge in [-0.05, 0) is 125 Å². The van der Waals surface area contributed by atoms with E-state index in [1.165, 1.54) is 13.1 Å². The van der Waals surface area contributed by atoms with E-state index in [2.05, 4.69) is 0 Å². The summed E-state index contributed by atoms with van der Waals surface area (Å²) in [5.74, 6) is -3.99. The molecule has 3 saturated heterocycles. The number of methoxy groups -OCH3 is 2. The van der Waals surface area contributed by atoms with Crippen LogP contribution in [0.4, 0.5) is 0 Å². The number of ether oxygens (including phenoxy) is 9. The van der Waals surface area contributed by atoms with Gasteiger partial charge in [0.2, 0.25) is 5.43 Å².